The molecule has 0 bridgehead atoms. The molecule has 8 heteroatoms. The van der Waals surface area contributed by atoms with E-state index in [4.69, 9.17) is 0 Å². The lowest BCUT2D eigenvalue weighted by Crippen LogP contribution is -2.17. The van der Waals surface area contributed by atoms with Crippen molar-refractivity contribution in [3.05, 3.63) is 51.0 Å². The molecular weight excluding hydrogens is 340 g/mol. The van der Waals surface area contributed by atoms with Gasteiger partial charge < -0.3 is 9.88 Å². The van der Waals surface area contributed by atoms with Crippen LogP contribution < -0.4 is 5.32 Å². The first kappa shape index (κ1) is 15.2. The van der Waals surface area contributed by atoms with Crippen molar-refractivity contribution in [3.63, 3.8) is 0 Å². The number of carbonyl (C=O) groups excluding carboxylic acids is 1. The minimum absolute atomic E-state index is 0.0671. The Morgan fingerprint density at radius 2 is 2.19 bits per heavy atom. The van der Waals surface area contributed by atoms with Gasteiger partial charge in [-0.05, 0) is 41.9 Å². The molecule has 2 rings (SSSR count). The molecule has 0 aliphatic rings. The number of nitrogens with zero attached hydrogens (tertiary/aromatic N) is 3. The molecule has 21 heavy (non-hydrogen) atoms. The number of anilines is 1. The highest BCUT2D eigenvalue weighted by Crippen LogP contribution is 2.22. The number of pyridine rings is 1. The highest BCUT2D eigenvalue weighted by atomic mass is 79.9. The number of halogens is 1. The highest BCUT2D eigenvalue weighted by Gasteiger charge is 2.20. The topological polar surface area (TPSA) is 90.1 Å². The van der Waals surface area contributed by atoms with Crippen LogP contribution in [0.1, 0.15) is 30.4 Å². The van der Waals surface area contributed by atoms with Crippen LogP contribution in [0.15, 0.2) is 35.2 Å². The third kappa shape index (κ3) is 3.46. The lowest BCUT2D eigenvalue weighted by molar-refractivity contribution is -0.384. The molecule has 7 nitrogen and oxygen atoms in total. The zero-order valence-electron chi connectivity index (χ0n) is 11.4. The van der Waals surface area contributed by atoms with E-state index in [0.717, 1.165) is 0 Å². The van der Waals surface area contributed by atoms with Crippen LogP contribution in [0, 0.1) is 10.1 Å². The van der Waals surface area contributed by atoms with Gasteiger partial charge in [0.15, 0.2) is 0 Å². The number of amides is 1. The molecule has 0 atom stereocenters. The van der Waals surface area contributed by atoms with E-state index >= 15 is 0 Å². The first-order valence-electron chi connectivity index (χ1n) is 6.17. The zero-order valence-corrected chi connectivity index (χ0v) is 13.0. The van der Waals surface area contributed by atoms with Gasteiger partial charge in [0.25, 0.3) is 11.6 Å². The minimum atomic E-state index is -0.517. The summed E-state index contributed by atoms with van der Waals surface area (Å²) in [5, 5.41) is 13.5. The maximum absolute atomic E-state index is 12.3. The second-order valence-corrected chi connectivity index (χ2v) is 5.48. The highest BCUT2D eigenvalue weighted by molar-refractivity contribution is 9.10. The molecule has 0 aromatic carbocycles. The Morgan fingerprint density at radius 1 is 1.48 bits per heavy atom. The van der Waals surface area contributed by atoms with Crippen molar-refractivity contribution >= 4 is 33.2 Å². The first-order valence-corrected chi connectivity index (χ1v) is 6.97. The van der Waals surface area contributed by atoms with Crippen molar-refractivity contribution in [1.82, 2.24) is 9.55 Å². The summed E-state index contributed by atoms with van der Waals surface area (Å²) in [5.41, 5.74) is 0.643. The van der Waals surface area contributed by atoms with Crippen molar-refractivity contribution in [1.29, 1.82) is 0 Å². The molecule has 0 saturated carbocycles. The molecule has 0 saturated heterocycles. The summed E-state index contributed by atoms with van der Waals surface area (Å²) in [6, 6.07) is 4.58. The van der Waals surface area contributed by atoms with Gasteiger partial charge in [0.2, 0.25) is 0 Å². The van der Waals surface area contributed by atoms with Gasteiger partial charge >= 0.3 is 0 Å². The van der Waals surface area contributed by atoms with E-state index in [1.807, 2.05) is 13.8 Å². The lowest BCUT2D eigenvalue weighted by atomic mass is 10.3. The Labute approximate surface area is 129 Å². The summed E-state index contributed by atoms with van der Waals surface area (Å²) in [5.74, 6) is -0.416. The number of nitro groups is 1. The number of rotatable bonds is 4. The summed E-state index contributed by atoms with van der Waals surface area (Å²) in [4.78, 5) is 26.6. The van der Waals surface area contributed by atoms with Gasteiger partial charge in [0.1, 0.15) is 10.3 Å². The molecule has 2 heterocycles. The Kier molecular flexibility index (Phi) is 4.37. The van der Waals surface area contributed by atoms with Gasteiger partial charge in [0.05, 0.1) is 23.0 Å². The van der Waals surface area contributed by atoms with Crippen molar-refractivity contribution in [3.8, 4) is 0 Å². The number of hydrogen-bond donors (Lipinski definition) is 1. The first-order chi connectivity index (χ1) is 9.88. The molecule has 1 N–H and O–H groups in total. The van der Waals surface area contributed by atoms with Crippen LogP contribution in [0.25, 0.3) is 0 Å². The van der Waals surface area contributed by atoms with Crippen molar-refractivity contribution in [2.24, 2.45) is 0 Å². The molecule has 1 amide bonds. The Hall–Kier alpha value is -2.22. The largest absolute Gasteiger partial charge is 0.335 e. The van der Waals surface area contributed by atoms with E-state index in [9.17, 15) is 14.9 Å². The third-order valence-electron chi connectivity index (χ3n) is 2.82. The maximum atomic E-state index is 12.3. The number of nitrogens with one attached hydrogen (secondary N) is 1. The predicted molar refractivity (Wildman–Crippen MR) is 81.4 cm³/mol. The number of aromatic nitrogens is 2. The van der Waals surface area contributed by atoms with Gasteiger partial charge in [-0.2, -0.15) is 0 Å². The van der Waals surface area contributed by atoms with Gasteiger partial charge in [0, 0.05) is 12.1 Å². The average molecular weight is 353 g/mol. The second kappa shape index (κ2) is 6.04. The van der Waals surface area contributed by atoms with Crippen LogP contribution in [0.5, 0.6) is 0 Å². The molecule has 110 valence electrons. The summed E-state index contributed by atoms with van der Waals surface area (Å²) in [6.07, 6.45) is 2.86. The minimum Gasteiger partial charge on any atom is -0.335 e. The zero-order chi connectivity index (χ0) is 15.6. The summed E-state index contributed by atoms with van der Waals surface area (Å²) in [6.45, 7) is 3.70. The van der Waals surface area contributed by atoms with Crippen molar-refractivity contribution in [2.45, 2.75) is 19.9 Å². The van der Waals surface area contributed by atoms with Crippen LogP contribution in [-0.4, -0.2) is 20.4 Å². The van der Waals surface area contributed by atoms with Crippen molar-refractivity contribution in [2.75, 3.05) is 5.32 Å². The molecule has 0 radical (unpaired) electrons. The van der Waals surface area contributed by atoms with E-state index in [-0.39, 0.29) is 17.4 Å². The number of carbonyl (C=O) groups is 1. The van der Waals surface area contributed by atoms with Crippen LogP contribution in [-0.2, 0) is 0 Å². The summed E-state index contributed by atoms with van der Waals surface area (Å²) >= 11 is 3.20. The Bertz CT molecular complexity index is 679. The van der Waals surface area contributed by atoms with Gasteiger partial charge in [-0.3, -0.25) is 14.9 Å². The van der Waals surface area contributed by atoms with E-state index < -0.39 is 10.8 Å². The fraction of sp³-hybridized carbons (Fsp3) is 0.231. The molecule has 0 fully saturated rings. The molecule has 0 unspecified atom stereocenters. The standard InChI is InChI=1S/C13H13BrN4O3/c1-8(2)17-7-10(18(20)21)5-11(17)13(19)16-9-3-4-12(14)15-6-9/h3-8H,1-2H3,(H,16,19). The summed E-state index contributed by atoms with van der Waals surface area (Å²) in [7, 11) is 0. The summed E-state index contributed by atoms with van der Waals surface area (Å²) < 4.78 is 2.22. The molecule has 2 aromatic heterocycles. The van der Waals surface area contributed by atoms with Crippen molar-refractivity contribution < 1.29 is 9.72 Å². The van der Waals surface area contributed by atoms with E-state index in [1.165, 1.54) is 18.5 Å². The van der Waals surface area contributed by atoms with Crippen LogP contribution >= 0.6 is 15.9 Å². The SMILES string of the molecule is CC(C)n1cc([N+](=O)[O-])cc1C(=O)Nc1ccc(Br)nc1. The van der Waals surface area contributed by atoms with E-state index in [1.54, 1.807) is 16.7 Å². The smallest absolute Gasteiger partial charge is 0.287 e. The second-order valence-electron chi connectivity index (χ2n) is 4.67. The molecule has 2 aromatic rings. The normalized spacial score (nSPS) is 10.7. The quantitative estimate of drug-likeness (QED) is 0.518. The van der Waals surface area contributed by atoms with Crippen LogP contribution in [0.2, 0.25) is 0 Å². The molecule has 0 spiro atoms. The van der Waals surface area contributed by atoms with Crippen LogP contribution in [0.4, 0.5) is 11.4 Å². The maximum Gasteiger partial charge on any atom is 0.287 e. The fourth-order valence-electron chi connectivity index (χ4n) is 1.82. The molecular formula is C13H13BrN4O3. The van der Waals surface area contributed by atoms with Gasteiger partial charge in [-0.25, -0.2) is 4.98 Å². The predicted octanol–water partition coefficient (Wildman–Crippen LogP) is 3.39. The monoisotopic (exact) mass is 352 g/mol. The average Bonchev–Trinajstić information content (AvgIpc) is 2.87. The van der Waals surface area contributed by atoms with E-state index in [2.05, 4.69) is 26.2 Å². The Balaban J connectivity index is 2.29. The van der Waals surface area contributed by atoms with Crippen LogP contribution in [0.3, 0.4) is 0 Å². The van der Waals surface area contributed by atoms with E-state index in [0.29, 0.717) is 10.3 Å². The Morgan fingerprint density at radius 3 is 2.71 bits per heavy atom. The van der Waals surface area contributed by atoms with Gasteiger partial charge in [-0.1, -0.05) is 0 Å². The number of hydrogen-bond acceptors (Lipinski definition) is 4. The molecule has 0 aliphatic carbocycles. The van der Waals surface area contributed by atoms with Gasteiger partial charge in [-0.15, -0.1) is 0 Å². The fourth-order valence-corrected chi connectivity index (χ4v) is 2.05. The molecule has 0 aliphatic heterocycles. The third-order valence-corrected chi connectivity index (χ3v) is 3.29. The lowest BCUT2D eigenvalue weighted by Gasteiger charge is -2.12.